The summed E-state index contributed by atoms with van der Waals surface area (Å²) in [5.74, 6) is 0.133. The van der Waals surface area contributed by atoms with Crippen LogP contribution in [-0.2, 0) is 6.42 Å². The molecule has 19 heavy (non-hydrogen) atoms. The fraction of sp³-hybridized carbons (Fsp3) is 0.0667. The van der Waals surface area contributed by atoms with Gasteiger partial charge in [-0.2, -0.15) is 0 Å². The number of fused-ring (bicyclic) bond motifs is 1. The number of hydrogen-bond donors (Lipinski definition) is 0. The molecule has 0 aliphatic heterocycles. The van der Waals surface area contributed by atoms with E-state index in [1.807, 2.05) is 41.8 Å². The van der Waals surface area contributed by atoms with Crippen molar-refractivity contribution in [3.63, 3.8) is 0 Å². The number of pyridine rings is 1. The lowest BCUT2D eigenvalue weighted by atomic mass is 10.0. The summed E-state index contributed by atoms with van der Waals surface area (Å²) in [4.78, 5) is 17.6. The first kappa shape index (κ1) is 12.5. The summed E-state index contributed by atoms with van der Waals surface area (Å²) in [5.41, 5.74) is 1.65. The van der Waals surface area contributed by atoms with Crippen LogP contribution in [0.1, 0.15) is 15.2 Å². The number of aromatic nitrogens is 1. The lowest BCUT2D eigenvalue weighted by Crippen LogP contribution is -2.02. The number of nitrogens with zero attached hydrogens (tertiary/aromatic N) is 1. The highest BCUT2D eigenvalue weighted by molar-refractivity contribution is 9.10. The van der Waals surface area contributed by atoms with E-state index in [-0.39, 0.29) is 5.78 Å². The maximum absolute atomic E-state index is 12.3. The lowest BCUT2D eigenvalue weighted by Gasteiger charge is -2.02. The monoisotopic (exact) mass is 331 g/mol. The summed E-state index contributed by atoms with van der Waals surface area (Å²) in [6.45, 7) is 0. The Hall–Kier alpha value is -1.52. The average Bonchev–Trinajstić information content (AvgIpc) is 2.84. The van der Waals surface area contributed by atoms with E-state index in [4.69, 9.17) is 0 Å². The molecule has 0 unspecified atom stereocenters. The molecule has 0 radical (unpaired) electrons. The summed E-state index contributed by atoms with van der Waals surface area (Å²) >= 11 is 5.05. The Kier molecular flexibility index (Phi) is 3.44. The Morgan fingerprint density at radius 2 is 2.16 bits per heavy atom. The number of carbonyl (C=O) groups excluding carboxylic acids is 1. The lowest BCUT2D eigenvalue weighted by molar-refractivity contribution is 0.0994. The molecule has 0 bridgehead atoms. The molecule has 3 rings (SSSR count). The molecule has 94 valence electrons. The molecule has 2 nitrogen and oxygen atoms in total. The standard InChI is InChI=1S/C15H10BrNOS/c16-12-5-7-19-15(12)9-14(18)11-3-4-13-10(8-11)2-1-6-17-13/h1-8H,9H2. The molecule has 2 aromatic heterocycles. The van der Waals surface area contributed by atoms with Crippen LogP contribution in [-0.4, -0.2) is 10.8 Å². The van der Waals surface area contributed by atoms with Crippen molar-refractivity contribution >= 4 is 44.0 Å². The molecule has 1 aromatic carbocycles. The van der Waals surface area contributed by atoms with Crippen molar-refractivity contribution in [3.8, 4) is 0 Å². The number of thiophene rings is 1. The van der Waals surface area contributed by atoms with Gasteiger partial charge in [0.25, 0.3) is 0 Å². The van der Waals surface area contributed by atoms with E-state index in [9.17, 15) is 4.79 Å². The Balaban J connectivity index is 1.91. The van der Waals surface area contributed by atoms with E-state index in [0.29, 0.717) is 6.42 Å². The van der Waals surface area contributed by atoms with Crippen molar-refractivity contribution in [1.82, 2.24) is 4.98 Å². The smallest absolute Gasteiger partial charge is 0.168 e. The van der Waals surface area contributed by atoms with Crippen LogP contribution in [0, 0.1) is 0 Å². The molecule has 0 aliphatic rings. The Bertz CT molecular complexity index is 750. The number of ketones is 1. The second kappa shape index (κ2) is 5.23. The topological polar surface area (TPSA) is 30.0 Å². The average molecular weight is 332 g/mol. The van der Waals surface area contributed by atoms with Gasteiger partial charge in [0, 0.05) is 32.9 Å². The fourth-order valence-corrected chi connectivity index (χ4v) is 3.44. The van der Waals surface area contributed by atoms with Crippen LogP contribution >= 0.6 is 27.3 Å². The van der Waals surface area contributed by atoms with Crippen LogP contribution in [0.5, 0.6) is 0 Å². The van der Waals surface area contributed by atoms with E-state index >= 15 is 0 Å². The highest BCUT2D eigenvalue weighted by Crippen LogP contribution is 2.24. The minimum absolute atomic E-state index is 0.133. The summed E-state index contributed by atoms with van der Waals surface area (Å²) < 4.78 is 1.01. The maximum atomic E-state index is 12.3. The Morgan fingerprint density at radius 1 is 1.26 bits per heavy atom. The highest BCUT2D eigenvalue weighted by Gasteiger charge is 2.11. The van der Waals surface area contributed by atoms with Gasteiger partial charge in [-0.25, -0.2) is 0 Å². The molecule has 4 heteroatoms. The number of carbonyl (C=O) groups is 1. The van der Waals surface area contributed by atoms with Gasteiger partial charge < -0.3 is 0 Å². The summed E-state index contributed by atoms with van der Waals surface area (Å²) in [6.07, 6.45) is 2.19. The molecule has 0 fully saturated rings. The molecule has 0 atom stereocenters. The number of Topliss-reactive ketones (excluding diaryl/α,β-unsaturated/α-hetero) is 1. The van der Waals surface area contributed by atoms with Gasteiger partial charge >= 0.3 is 0 Å². The molecular formula is C15H10BrNOS. The van der Waals surface area contributed by atoms with Gasteiger partial charge in [0.15, 0.2) is 5.78 Å². The quantitative estimate of drug-likeness (QED) is 0.662. The van der Waals surface area contributed by atoms with E-state index in [1.165, 1.54) is 0 Å². The largest absolute Gasteiger partial charge is 0.294 e. The second-order valence-corrected chi connectivity index (χ2v) is 6.06. The van der Waals surface area contributed by atoms with Gasteiger partial charge in [0.2, 0.25) is 0 Å². The van der Waals surface area contributed by atoms with Crippen molar-refractivity contribution in [2.45, 2.75) is 6.42 Å². The predicted molar refractivity (Wildman–Crippen MR) is 81.8 cm³/mol. The molecule has 0 spiro atoms. The van der Waals surface area contributed by atoms with Gasteiger partial charge in [0.1, 0.15) is 0 Å². The van der Waals surface area contributed by atoms with Gasteiger partial charge in [-0.05, 0) is 51.6 Å². The zero-order chi connectivity index (χ0) is 13.2. The molecule has 0 aliphatic carbocycles. The van der Waals surface area contributed by atoms with Crippen molar-refractivity contribution in [2.75, 3.05) is 0 Å². The first-order valence-electron chi connectivity index (χ1n) is 5.84. The van der Waals surface area contributed by atoms with Crippen LogP contribution in [0.15, 0.2) is 52.4 Å². The van der Waals surface area contributed by atoms with Gasteiger partial charge in [0.05, 0.1) is 5.52 Å². The normalized spacial score (nSPS) is 10.8. The minimum atomic E-state index is 0.133. The molecule has 0 saturated heterocycles. The summed E-state index contributed by atoms with van der Waals surface area (Å²) in [7, 11) is 0. The van der Waals surface area contributed by atoms with Crippen LogP contribution < -0.4 is 0 Å². The molecule has 0 amide bonds. The number of benzene rings is 1. The predicted octanol–water partition coefficient (Wildman–Crippen LogP) is 4.48. The first-order valence-corrected chi connectivity index (χ1v) is 7.51. The second-order valence-electron chi connectivity index (χ2n) is 4.20. The SMILES string of the molecule is O=C(Cc1sccc1Br)c1ccc2ncccc2c1. The van der Waals surface area contributed by atoms with Crippen molar-refractivity contribution < 1.29 is 4.79 Å². The molecular weight excluding hydrogens is 322 g/mol. The van der Waals surface area contributed by atoms with Crippen molar-refractivity contribution in [1.29, 1.82) is 0 Å². The summed E-state index contributed by atoms with van der Waals surface area (Å²) in [6, 6.07) is 11.5. The van der Waals surface area contributed by atoms with Crippen molar-refractivity contribution in [2.24, 2.45) is 0 Å². The Morgan fingerprint density at radius 3 is 2.95 bits per heavy atom. The summed E-state index contributed by atoms with van der Waals surface area (Å²) in [5, 5.41) is 2.98. The van der Waals surface area contributed by atoms with E-state index in [1.54, 1.807) is 17.5 Å². The molecule has 0 saturated carbocycles. The highest BCUT2D eigenvalue weighted by atomic mass is 79.9. The van der Waals surface area contributed by atoms with Crippen LogP contribution in [0.2, 0.25) is 0 Å². The van der Waals surface area contributed by atoms with Crippen LogP contribution in [0.25, 0.3) is 10.9 Å². The van der Waals surface area contributed by atoms with Gasteiger partial charge in [-0.1, -0.05) is 6.07 Å². The van der Waals surface area contributed by atoms with E-state index < -0.39 is 0 Å². The minimum Gasteiger partial charge on any atom is -0.294 e. The van der Waals surface area contributed by atoms with Crippen LogP contribution in [0.3, 0.4) is 0 Å². The third-order valence-electron chi connectivity index (χ3n) is 2.94. The molecule has 3 aromatic rings. The molecule has 2 heterocycles. The first-order chi connectivity index (χ1) is 9.24. The third kappa shape index (κ3) is 2.60. The van der Waals surface area contributed by atoms with Gasteiger partial charge in [-0.15, -0.1) is 11.3 Å². The van der Waals surface area contributed by atoms with E-state index in [2.05, 4.69) is 20.9 Å². The van der Waals surface area contributed by atoms with E-state index in [0.717, 1.165) is 25.8 Å². The number of halogens is 1. The zero-order valence-electron chi connectivity index (χ0n) is 9.97. The van der Waals surface area contributed by atoms with Crippen LogP contribution in [0.4, 0.5) is 0 Å². The van der Waals surface area contributed by atoms with Crippen molar-refractivity contribution in [3.05, 3.63) is 62.9 Å². The number of hydrogen-bond acceptors (Lipinski definition) is 3. The zero-order valence-corrected chi connectivity index (χ0v) is 12.4. The van der Waals surface area contributed by atoms with Gasteiger partial charge in [-0.3, -0.25) is 9.78 Å². The third-order valence-corrected chi connectivity index (χ3v) is 4.86. The maximum Gasteiger partial charge on any atom is 0.168 e. The molecule has 0 N–H and O–H groups in total. The fourth-order valence-electron chi connectivity index (χ4n) is 1.95. The number of rotatable bonds is 3. The Labute approximate surface area is 123 Å².